The van der Waals surface area contributed by atoms with Crippen molar-refractivity contribution < 1.29 is 0 Å². The van der Waals surface area contributed by atoms with E-state index < -0.39 is 0 Å². The lowest BCUT2D eigenvalue weighted by Crippen LogP contribution is -2.16. The van der Waals surface area contributed by atoms with Gasteiger partial charge in [-0.1, -0.05) is 19.8 Å². The predicted octanol–water partition coefficient (Wildman–Crippen LogP) is 4.20. The van der Waals surface area contributed by atoms with Crippen molar-refractivity contribution in [1.29, 1.82) is 0 Å². The fourth-order valence-corrected chi connectivity index (χ4v) is 3.40. The van der Waals surface area contributed by atoms with E-state index in [-0.39, 0.29) is 0 Å². The third kappa shape index (κ3) is 3.33. The van der Waals surface area contributed by atoms with Crippen molar-refractivity contribution in [2.45, 2.75) is 51.4 Å². The molecule has 0 saturated heterocycles. The molecule has 100 valence electrons. The Morgan fingerprint density at radius 1 is 1.33 bits per heavy atom. The highest BCUT2D eigenvalue weighted by atomic mass is 127. The average Bonchev–Trinajstić information content (AvgIpc) is 2.41. The summed E-state index contributed by atoms with van der Waals surface area (Å²) < 4.78 is 1.10. The maximum absolute atomic E-state index is 4.66. The quantitative estimate of drug-likeness (QED) is 0.819. The lowest BCUT2D eigenvalue weighted by Gasteiger charge is -2.27. The number of hydrogen-bond acceptors (Lipinski definition) is 3. The largest absolute Gasteiger partial charge is 0.372 e. The second-order valence-electron chi connectivity index (χ2n) is 5.18. The highest BCUT2D eigenvalue weighted by Crippen LogP contribution is 2.36. The van der Waals surface area contributed by atoms with Crippen LogP contribution in [0.3, 0.4) is 0 Å². The molecule has 0 amide bonds. The van der Waals surface area contributed by atoms with E-state index in [1.807, 2.05) is 13.2 Å². The second kappa shape index (κ2) is 6.68. The van der Waals surface area contributed by atoms with Gasteiger partial charge in [-0.05, 0) is 54.2 Å². The van der Waals surface area contributed by atoms with Crippen LogP contribution in [0.15, 0.2) is 6.20 Å². The van der Waals surface area contributed by atoms with E-state index in [4.69, 9.17) is 0 Å². The molecule has 1 aliphatic rings. The molecule has 3 nitrogen and oxygen atoms in total. The van der Waals surface area contributed by atoms with Gasteiger partial charge in [-0.3, -0.25) is 0 Å². The molecular weight excluding hydrogens is 337 g/mol. The van der Waals surface area contributed by atoms with Crippen LogP contribution in [0.25, 0.3) is 0 Å². The molecule has 0 bridgehead atoms. The molecule has 0 unspecified atom stereocenters. The summed E-state index contributed by atoms with van der Waals surface area (Å²) in [6, 6.07) is 0. The van der Waals surface area contributed by atoms with E-state index in [0.717, 1.165) is 21.1 Å². The zero-order valence-electron chi connectivity index (χ0n) is 11.2. The SMILES string of the molecule is CCCC1CCC(c2ncc(I)c(NC)n2)CC1. The van der Waals surface area contributed by atoms with E-state index in [1.165, 1.54) is 38.5 Å². The molecule has 1 aliphatic carbocycles. The molecular formula is C14H22IN3. The number of aromatic nitrogens is 2. The normalized spacial score (nSPS) is 23.9. The first-order chi connectivity index (χ1) is 8.74. The van der Waals surface area contributed by atoms with Crippen molar-refractivity contribution in [1.82, 2.24) is 9.97 Å². The molecule has 18 heavy (non-hydrogen) atoms. The third-order valence-corrected chi connectivity index (χ3v) is 4.70. The number of halogens is 1. The molecule has 0 atom stereocenters. The summed E-state index contributed by atoms with van der Waals surface area (Å²) in [7, 11) is 1.92. The van der Waals surface area contributed by atoms with Crippen LogP contribution in [0, 0.1) is 9.49 Å². The van der Waals surface area contributed by atoms with Gasteiger partial charge < -0.3 is 5.32 Å². The predicted molar refractivity (Wildman–Crippen MR) is 83.9 cm³/mol. The van der Waals surface area contributed by atoms with Crippen LogP contribution in [0.2, 0.25) is 0 Å². The van der Waals surface area contributed by atoms with Crippen molar-refractivity contribution in [2.24, 2.45) is 5.92 Å². The van der Waals surface area contributed by atoms with Gasteiger partial charge in [0.2, 0.25) is 0 Å². The van der Waals surface area contributed by atoms with Crippen LogP contribution < -0.4 is 5.32 Å². The van der Waals surface area contributed by atoms with Crippen LogP contribution in [0.4, 0.5) is 5.82 Å². The number of hydrogen-bond donors (Lipinski definition) is 1. The van der Waals surface area contributed by atoms with E-state index in [2.05, 4.69) is 44.8 Å². The Kier molecular flexibility index (Phi) is 5.21. The van der Waals surface area contributed by atoms with Crippen LogP contribution in [-0.2, 0) is 0 Å². The highest BCUT2D eigenvalue weighted by molar-refractivity contribution is 14.1. The van der Waals surface area contributed by atoms with Gasteiger partial charge in [0.15, 0.2) is 0 Å². The Morgan fingerprint density at radius 3 is 2.67 bits per heavy atom. The molecule has 1 saturated carbocycles. The maximum atomic E-state index is 4.66. The molecule has 0 spiro atoms. The Balaban J connectivity index is 2.01. The minimum atomic E-state index is 0.571. The average molecular weight is 359 g/mol. The molecule has 1 aromatic rings. The number of nitrogens with zero attached hydrogens (tertiary/aromatic N) is 2. The molecule has 2 rings (SSSR count). The Labute approximate surface area is 123 Å². The maximum Gasteiger partial charge on any atom is 0.142 e. The highest BCUT2D eigenvalue weighted by Gasteiger charge is 2.24. The van der Waals surface area contributed by atoms with Crippen LogP contribution >= 0.6 is 22.6 Å². The minimum absolute atomic E-state index is 0.571. The monoisotopic (exact) mass is 359 g/mol. The second-order valence-corrected chi connectivity index (χ2v) is 6.34. The molecule has 1 fully saturated rings. The topological polar surface area (TPSA) is 37.8 Å². The summed E-state index contributed by atoms with van der Waals surface area (Å²) in [6.07, 6.45) is 9.86. The smallest absolute Gasteiger partial charge is 0.142 e. The van der Waals surface area contributed by atoms with Crippen LogP contribution in [-0.4, -0.2) is 17.0 Å². The van der Waals surface area contributed by atoms with Crippen molar-refractivity contribution in [3.63, 3.8) is 0 Å². The first kappa shape index (κ1) is 14.0. The van der Waals surface area contributed by atoms with E-state index in [0.29, 0.717) is 5.92 Å². The van der Waals surface area contributed by atoms with Gasteiger partial charge in [0.25, 0.3) is 0 Å². The summed E-state index contributed by atoms with van der Waals surface area (Å²) in [6.45, 7) is 2.29. The first-order valence-electron chi connectivity index (χ1n) is 6.94. The Hall–Kier alpha value is -0.390. The molecule has 4 heteroatoms. The third-order valence-electron chi connectivity index (χ3n) is 3.91. The summed E-state index contributed by atoms with van der Waals surface area (Å²) >= 11 is 2.27. The first-order valence-corrected chi connectivity index (χ1v) is 8.02. The van der Waals surface area contributed by atoms with E-state index >= 15 is 0 Å². The Morgan fingerprint density at radius 2 is 2.06 bits per heavy atom. The van der Waals surface area contributed by atoms with Gasteiger partial charge in [-0.2, -0.15) is 0 Å². The molecule has 0 radical (unpaired) electrons. The Bertz CT molecular complexity index is 387. The van der Waals surface area contributed by atoms with Gasteiger partial charge in [0.1, 0.15) is 11.6 Å². The number of anilines is 1. The molecule has 1 N–H and O–H groups in total. The lowest BCUT2D eigenvalue weighted by molar-refractivity contribution is 0.302. The zero-order valence-corrected chi connectivity index (χ0v) is 13.4. The summed E-state index contributed by atoms with van der Waals surface area (Å²) in [5.41, 5.74) is 0. The lowest BCUT2D eigenvalue weighted by atomic mass is 9.80. The van der Waals surface area contributed by atoms with E-state index in [1.54, 1.807) is 0 Å². The summed E-state index contributed by atoms with van der Waals surface area (Å²) in [4.78, 5) is 9.18. The van der Waals surface area contributed by atoms with Gasteiger partial charge in [-0.25, -0.2) is 9.97 Å². The van der Waals surface area contributed by atoms with Crippen molar-refractivity contribution in [3.05, 3.63) is 15.6 Å². The van der Waals surface area contributed by atoms with Crippen LogP contribution in [0.5, 0.6) is 0 Å². The molecule has 1 heterocycles. The molecule has 1 aromatic heterocycles. The van der Waals surface area contributed by atoms with Gasteiger partial charge in [-0.15, -0.1) is 0 Å². The van der Waals surface area contributed by atoms with Crippen molar-refractivity contribution >= 4 is 28.4 Å². The van der Waals surface area contributed by atoms with Gasteiger partial charge in [0, 0.05) is 19.2 Å². The van der Waals surface area contributed by atoms with E-state index in [9.17, 15) is 0 Å². The van der Waals surface area contributed by atoms with Gasteiger partial charge >= 0.3 is 0 Å². The molecule has 0 aliphatic heterocycles. The zero-order chi connectivity index (χ0) is 13.0. The number of nitrogens with one attached hydrogen (secondary N) is 1. The fraction of sp³-hybridized carbons (Fsp3) is 0.714. The van der Waals surface area contributed by atoms with Crippen molar-refractivity contribution in [2.75, 3.05) is 12.4 Å². The van der Waals surface area contributed by atoms with Crippen molar-refractivity contribution in [3.8, 4) is 0 Å². The minimum Gasteiger partial charge on any atom is -0.372 e. The van der Waals surface area contributed by atoms with Gasteiger partial charge in [0.05, 0.1) is 3.57 Å². The fourth-order valence-electron chi connectivity index (χ4n) is 2.87. The standard InChI is InChI=1S/C14H22IN3/c1-3-4-10-5-7-11(8-6-10)13-17-9-12(15)14(16-2)18-13/h9-11H,3-8H2,1-2H3,(H,16,17,18). The number of rotatable bonds is 4. The molecule has 0 aromatic carbocycles. The summed E-state index contributed by atoms with van der Waals surface area (Å²) in [5, 5.41) is 3.15. The summed E-state index contributed by atoms with van der Waals surface area (Å²) in [5.74, 6) is 3.52. The van der Waals surface area contributed by atoms with Crippen LogP contribution in [0.1, 0.15) is 57.2 Å².